The van der Waals surface area contributed by atoms with Gasteiger partial charge in [-0.1, -0.05) is 6.07 Å². The lowest BCUT2D eigenvalue weighted by atomic mass is 9.65. The maximum absolute atomic E-state index is 12.4. The highest BCUT2D eigenvalue weighted by atomic mass is 16.5. The zero-order valence-corrected chi connectivity index (χ0v) is 17.7. The fourth-order valence-electron chi connectivity index (χ4n) is 4.80. The van der Waals surface area contributed by atoms with Gasteiger partial charge in [-0.2, -0.15) is 0 Å². The number of carboxylic acid groups (broad SMARTS) is 1. The first-order chi connectivity index (χ1) is 14.5. The number of ether oxygens (including phenoxy) is 1. The summed E-state index contributed by atoms with van der Waals surface area (Å²) in [6.45, 7) is 2.66. The Morgan fingerprint density at radius 2 is 1.83 bits per heavy atom. The maximum Gasteiger partial charge on any atom is 0.314 e. The standard InChI is InChI=1S/C24H31N3O3/c1-16-2-7-19(13-25-16)23(22(28)29)8-10-24(11-9-23,30-15-18-5-6-18)21-26-14-20(27-21)12-17-3-4-17/h2,7,13-14,17-18H,3-6,8-12,15H2,1H3,(H,26,27)(H,28,29). The Kier molecular flexibility index (Phi) is 4.92. The Bertz CT molecular complexity index is 904. The lowest BCUT2D eigenvalue weighted by Gasteiger charge is -2.43. The van der Waals surface area contributed by atoms with E-state index in [1.165, 1.54) is 31.4 Å². The first-order valence-electron chi connectivity index (χ1n) is 11.3. The van der Waals surface area contributed by atoms with Gasteiger partial charge in [-0.3, -0.25) is 9.78 Å². The summed E-state index contributed by atoms with van der Waals surface area (Å²) in [7, 11) is 0. The highest BCUT2D eigenvalue weighted by Gasteiger charge is 2.51. The number of carboxylic acids is 1. The monoisotopic (exact) mass is 409 g/mol. The van der Waals surface area contributed by atoms with Crippen LogP contribution >= 0.6 is 0 Å². The van der Waals surface area contributed by atoms with E-state index in [0.29, 0.717) is 31.6 Å². The van der Waals surface area contributed by atoms with E-state index in [1.807, 2.05) is 25.3 Å². The van der Waals surface area contributed by atoms with Crippen LogP contribution in [-0.4, -0.2) is 32.6 Å². The van der Waals surface area contributed by atoms with Gasteiger partial charge in [0, 0.05) is 23.8 Å². The second-order valence-corrected chi connectivity index (χ2v) is 9.73. The Morgan fingerprint density at radius 3 is 2.43 bits per heavy atom. The predicted octanol–water partition coefficient (Wildman–Crippen LogP) is 4.28. The summed E-state index contributed by atoms with van der Waals surface area (Å²) < 4.78 is 6.54. The summed E-state index contributed by atoms with van der Waals surface area (Å²) in [6, 6.07) is 3.83. The van der Waals surface area contributed by atoms with Crippen LogP contribution in [0.4, 0.5) is 0 Å². The summed E-state index contributed by atoms with van der Waals surface area (Å²) in [5, 5.41) is 10.2. The molecular formula is C24H31N3O3. The number of hydrogen-bond donors (Lipinski definition) is 2. The summed E-state index contributed by atoms with van der Waals surface area (Å²) in [6.07, 6.45) is 12.2. The van der Waals surface area contributed by atoms with Crippen molar-refractivity contribution in [2.24, 2.45) is 11.8 Å². The van der Waals surface area contributed by atoms with Gasteiger partial charge in [0.2, 0.25) is 0 Å². The van der Waals surface area contributed by atoms with Crippen LogP contribution in [0, 0.1) is 18.8 Å². The van der Waals surface area contributed by atoms with Crippen LogP contribution in [0.25, 0.3) is 0 Å². The van der Waals surface area contributed by atoms with E-state index in [9.17, 15) is 9.90 Å². The zero-order valence-electron chi connectivity index (χ0n) is 17.7. The van der Waals surface area contributed by atoms with E-state index in [2.05, 4.69) is 9.97 Å². The molecular weight excluding hydrogens is 378 g/mol. The van der Waals surface area contributed by atoms with E-state index in [-0.39, 0.29) is 0 Å². The predicted molar refractivity (Wildman–Crippen MR) is 112 cm³/mol. The first-order valence-corrected chi connectivity index (χ1v) is 11.3. The van der Waals surface area contributed by atoms with Crippen molar-refractivity contribution >= 4 is 5.97 Å². The second kappa shape index (κ2) is 7.49. The summed E-state index contributed by atoms with van der Waals surface area (Å²) in [5.41, 5.74) is 1.46. The molecule has 0 saturated heterocycles. The zero-order chi connectivity index (χ0) is 20.8. The van der Waals surface area contributed by atoms with Crippen LogP contribution in [0.5, 0.6) is 0 Å². The van der Waals surface area contributed by atoms with Gasteiger partial charge in [0.1, 0.15) is 11.4 Å². The third-order valence-corrected chi connectivity index (χ3v) is 7.34. The molecule has 6 nitrogen and oxygen atoms in total. The number of H-pyrrole nitrogens is 1. The van der Waals surface area contributed by atoms with Crippen molar-refractivity contribution in [1.82, 2.24) is 15.0 Å². The van der Waals surface area contributed by atoms with Crippen molar-refractivity contribution in [3.63, 3.8) is 0 Å². The van der Waals surface area contributed by atoms with Crippen LogP contribution < -0.4 is 0 Å². The lowest BCUT2D eigenvalue weighted by Crippen LogP contribution is -2.46. The second-order valence-electron chi connectivity index (χ2n) is 9.73. The average Bonchev–Trinajstić information content (AvgIpc) is 3.67. The molecule has 0 aromatic carbocycles. The number of nitrogens with one attached hydrogen (secondary N) is 1. The van der Waals surface area contributed by atoms with Crippen molar-refractivity contribution < 1.29 is 14.6 Å². The molecule has 0 radical (unpaired) electrons. The van der Waals surface area contributed by atoms with Crippen molar-refractivity contribution in [2.45, 2.75) is 75.7 Å². The molecule has 0 bridgehead atoms. The van der Waals surface area contributed by atoms with Gasteiger partial charge in [-0.15, -0.1) is 0 Å². The van der Waals surface area contributed by atoms with E-state index in [0.717, 1.165) is 36.0 Å². The molecule has 2 aromatic heterocycles. The highest BCUT2D eigenvalue weighted by molar-refractivity contribution is 5.81. The molecule has 2 heterocycles. The van der Waals surface area contributed by atoms with Gasteiger partial charge >= 0.3 is 5.97 Å². The number of pyridine rings is 1. The highest BCUT2D eigenvalue weighted by Crippen LogP contribution is 2.49. The Morgan fingerprint density at radius 1 is 1.10 bits per heavy atom. The third-order valence-electron chi connectivity index (χ3n) is 7.34. The molecule has 3 fully saturated rings. The number of imidazole rings is 1. The number of nitrogens with zero attached hydrogens (tertiary/aromatic N) is 2. The van der Waals surface area contributed by atoms with E-state index >= 15 is 0 Å². The van der Waals surface area contributed by atoms with Gasteiger partial charge in [0.15, 0.2) is 0 Å². The quantitative estimate of drug-likeness (QED) is 0.679. The van der Waals surface area contributed by atoms with Gasteiger partial charge in [-0.25, -0.2) is 4.98 Å². The maximum atomic E-state index is 12.4. The topological polar surface area (TPSA) is 88.1 Å². The van der Waals surface area contributed by atoms with Crippen molar-refractivity contribution in [3.8, 4) is 0 Å². The number of aliphatic carboxylic acids is 1. The van der Waals surface area contributed by atoms with E-state index < -0.39 is 17.0 Å². The van der Waals surface area contributed by atoms with Crippen LogP contribution in [0.3, 0.4) is 0 Å². The molecule has 3 aliphatic carbocycles. The van der Waals surface area contributed by atoms with E-state index in [4.69, 9.17) is 9.72 Å². The molecule has 3 aliphatic rings. The third kappa shape index (κ3) is 3.78. The molecule has 5 rings (SSSR count). The minimum absolute atomic E-state index is 0.512. The van der Waals surface area contributed by atoms with Gasteiger partial charge in [0.25, 0.3) is 0 Å². The van der Waals surface area contributed by atoms with Gasteiger partial charge in [0.05, 0.1) is 12.0 Å². The summed E-state index contributed by atoms with van der Waals surface area (Å²) in [5.74, 6) is 1.56. The SMILES string of the molecule is Cc1ccc(C2(C(=O)O)CCC(OCC3CC3)(c3ncc(CC4CC4)[nH]3)CC2)cn1. The Balaban J connectivity index is 1.40. The molecule has 0 aliphatic heterocycles. The minimum atomic E-state index is -0.906. The van der Waals surface area contributed by atoms with Crippen molar-refractivity contribution in [2.75, 3.05) is 6.61 Å². The van der Waals surface area contributed by atoms with Gasteiger partial charge < -0.3 is 14.8 Å². The molecule has 0 spiro atoms. The number of hydrogen-bond acceptors (Lipinski definition) is 4. The molecule has 0 atom stereocenters. The summed E-state index contributed by atoms with van der Waals surface area (Å²) in [4.78, 5) is 25.1. The van der Waals surface area contributed by atoms with Crippen LogP contribution in [-0.2, 0) is 27.0 Å². The van der Waals surface area contributed by atoms with Crippen molar-refractivity contribution in [1.29, 1.82) is 0 Å². The first kappa shape index (κ1) is 19.7. The molecule has 0 amide bonds. The number of aromatic amines is 1. The Labute approximate surface area is 177 Å². The van der Waals surface area contributed by atoms with Crippen LogP contribution in [0.1, 0.15) is 74.1 Å². The molecule has 160 valence electrons. The molecule has 2 N–H and O–H groups in total. The fraction of sp³-hybridized carbons (Fsp3) is 0.625. The molecule has 0 unspecified atom stereocenters. The van der Waals surface area contributed by atoms with Crippen molar-refractivity contribution in [3.05, 3.63) is 47.3 Å². The van der Waals surface area contributed by atoms with Gasteiger partial charge in [-0.05, 0) is 88.2 Å². The Hall–Kier alpha value is -2.21. The average molecular weight is 410 g/mol. The molecule has 2 aromatic rings. The largest absolute Gasteiger partial charge is 0.481 e. The lowest BCUT2D eigenvalue weighted by molar-refractivity contribution is -0.151. The fourth-order valence-corrected chi connectivity index (χ4v) is 4.80. The number of rotatable bonds is 8. The molecule has 30 heavy (non-hydrogen) atoms. The smallest absolute Gasteiger partial charge is 0.314 e. The molecule has 3 saturated carbocycles. The minimum Gasteiger partial charge on any atom is -0.481 e. The van der Waals surface area contributed by atoms with Crippen LogP contribution in [0.15, 0.2) is 24.5 Å². The van der Waals surface area contributed by atoms with E-state index in [1.54, 1.807) is 6.20 Å². The number of aryl methyl sites for hydroxylation is 1. The molecule has 6 heteroatoms. The normalized spacial score (nSPS) is 29.1. The number of carbonyl (C=O) groups is 1. The number of aromatic nitrogens is 3. The summed E-state index contributed by atoms with van der Waals surface area (Å²) >= 11 is 0. The van der Waals surface area contributed by atoms with Crippen LogP contribution in [0.2, 0.25) is 0 Å².